The Labute approximate surface area is 163 Å². The summed E-state index contributed by atoms with van der Waals surface area (Å²) in [6.07, 6.45) is 1.22. The van der Waals surface area contributed by atoms with Crippen molar-refractivity contribution >= 4 is 16.0 Å². The summed E-state index contributed by atoms with van der Waals surface area (Å²) >= 11 is 0. The van der Waals surface area contributed by atoms with E-state index in [-0.39, 0.29) is 23.0 Å². The van der Waals surface area contributed by atoms with E-state index in [1.54, 1.807) is 30.3 Å². The summed E-state index contributed by atoms with van der Waals surface area (Å²) in [7, 11) is -3.65. The number of carboxylic acids is 1. The molecule has 2 aliphatic rings. The van der Waals surface area contributed by atoms with Crippen LogP contribution in [0.2, 0.25) is 0 Å². The number of aryl methyl sites for hydroxylation is 1. The molecule has 2 aromatic rings. The molecule has 4 rings (SSSR count). The van der Waals surface area contributed by atoms with Crippen LogP contribution in [-0.2, 0) is 14.8 Å². The van der Waals surface area contributed by atoms with Crippen LogP contribution in [0.4, 0.5) is 0 Å². The maximum Gasteiger partial charge on any atom is 0.341 e. The van der Waals surface area contributed by atoms with Crippen molar-refractivity contribution in [1.29, 1.82) is 0 Å². The van der Waals surface area contributed by atoms with Gasteiger partial charge in [0.05, 0.1) is 4.90 Å². The van der Waals surface area contributed by atoms with Crippen molar-refractivity contribution in [2.24, 2.45) is 0 Å². The number of carboxylic acid groups (broad SMARTS) is 1. The van der Waals surface area contributed by atoms with Crippen molar-refractivity contribution in [3.63, 3.8) is 0 Å². The van der Waals surface area contributed by atoms with Crippen molar-refractivity contribution in [3.8, 4) is 11.5 Å². The molecule has 0 amide bonds. The Morgan fingerprint density at radius 3 is 2.79 bits per heavy atom. The highest BCUT2D eigenvalue weighted by Gasteiger charge is 2.47. The van der Waals surface area contributed by atoms with Gasteiger partial charge in [-0.25, -0.2) is 17.9 Å². The molecule has 148 valence electrons. The first-order valence-corrected chi connectivity index (χ1v) is 10.6. The fraction of sp³-hybridized carbons (Fsp3) is 0.350. The van der Waals surface area contributed by atoms with E-state index in [1.165, 1.54) is 0 Å². The zero-order valence-electron chi connectivity index (χ0n) is 15.3. The first-order chi connectivity index (χ1) is 13.3. The molecule has 8 heteroatoms. The van der Waals surface area contributed by atoms with Gasteiger partial charge in [-0.05, 0) is 43.5 Å². The van der Waals surface area contributed by atoms with Gasteiger partial charge in [0.15, 0.2) is 18.1 Å². The Kier molecular flexibility index (Phi) is 4.76. The van der Waals surface area contributed by atoms with E-state index in [2.05, 4.69) is 4.72 Å². The summed E-state index contributed by atoms with van der Waals surface area (Å²) in [5.41, 5.74) is 1.73. The highest BCUT2D eigenvalue weighted by atomic mass is 32.2. The van der Waals surface area contributed by atoms with Crippen LogP contribution >= 0.6 is 0 Å². The Bertz CT molecular complexity index is 1020. The summed E-state index contributed by atoms with van der Waals surface area (Å²) in [5, 5.41) is 8.84. The van der Waals surface area contributed by atoms with Gasteiger partial charge in [-0.15, -0.1) is 0 Å². The zero-order chi connectivity index (χ0) is 19.9. The van der Waals surface area contributed by atoms with Crippen molar-refractivity contribution in [3.05, 3.63) is 53.6 Å². The highest BCUT2D eigenvalue weighted by Crippen LogP contribution is 2.51. The number of ether oxygens (including phenoxy) is 2. The van der Waals surface area contributed by atoms with Crippen LogP contribution in [0.15, 0.2) is 47.4 Å². The second-order valence-electron chi connectivity index (χ2n) is 7.16. The second-order valence-corrected chi connectivity index (χ2v) is 8.87. The zero-order valence-corrected chi connectivity index (χ0v) is 16.1. The van der Waals surface area contributed by atoms with Crippen LogP contribution in [0.5, 0.6) is 11.5 Å². The Morgan fingerprint density at radius 1 is 1.25 bits per heavy atom. The fourth-order valence-electron chi connectivity index (χ4n) is 4.02. The third-order valence-corrected chi connectivity index (χ3v) is 6.68. The van der Waals surface area contributed by atoms with E-state index in [0.29, 0.717) is 24.3 Å². The monoisotopic (exact) mass is 403 g/mol. The first-order valence-electron chi connectivity index (χ1n) is 9.08. The number of carbonyl (C=O) groups is 1. The van der Waals surface area contributed by atoms with E-state index in [0.717, 1.165) is 11.1 Å². The quantitative estimate of drug-likeness (QED) is 0.768. The molecule has 0 bridgehead atoms. The summed E-state index contributed by atoms with van der Waals surface area (Å²) in [4.78, 5) is 11.0. The van der Waals surface area contributed by atoms with Gasteiger partial charge < -0.3 is 14.6 Å². The van der Waals surface area contributed by atoms with E-state index in [9.17, 15) is 13.2 Å². The number of fused-ring (bicyclic) bond motifs is 3. The van der Waals surface area contributed by atoms with Crippen molar-refractivity contribution in [1.82, 2.24) is 4.72 Å². The maximum absolute atomic E-state index is 12.8. The molecule has 0 aromatic heterocycles. The standard InChI is InChI=1S/C20H21NO6S/c1-12-4-2-5-13(10-12)28(24,25)21-15-8-9-16-19(15)14-6-3-7-17(20(14)27-16)26-11-18(22)23/h2-7,10,15-16,19,21H,8-9,11H2,1H3,(H,22,23). The average molecular weight is 403 g/mol. The molecule has 2 aromatic carbocycles. The van der Waals surface area contributed by atoms with Crippen LogP contribution in [0.3, 0.4) is 0 Å². The van der Waals surface area contributed by atoms with E-state index in [1.807, 2.05) is 19.1 Å². The van der Waals surface area contributed by atoms with Gasteiger partial charge in [0.25, 0.3) is 0 Å². The highest BCUT2D eigenvalue weighted by molar-refractivity contribution is 7.89. The Balaban J connectivity index is 1.59. The third kappa shape index (κ3) is 3.45. The molecule has 3 unspecified atom stereocenters. The lowest BCUT2D eigenvalue weighted by Gasteiger charge is -2.20. The topological polar surface area (TPSA) is 102 Å². The second kappa shape index (κ2) is 7.10. The lowest BCUT2D eigenvalue weighted by atomic mass is 9.94. The minimum Gasteiger partial charge on any atom is -0.486 e. The molecule has 1 aliphatic carbocycles. The van der Waals surface area contributed by atoms with Crippen LogP contribution in [0, 0.1) is 6.92 Å². The van der Waals surface area contributed by atoms with Crippen molar-refractivity contribution < 1.29 is 27.8 Å². The average Bonchev–Trinajstić information content (AvgIpc) is 3.20. The molecule has 1 heterocycles. The molecule has 28 heavy (non-hydrogen) atoms. The van der Waals surface area contributed by atoms with Crippen LogP contribution < -0.4 is 14.2 Å². The van der Waals surface area contributed by atoms with E-state index >= 15 is 0 Å². The predicted octanol–water partition coefficient (Wildman–Crippen LogP) is 2.44. The smallest absolute Gasteiger partial charge is 0.341 e. The molecule has 2 N–H and O–H groups in total. The predicted molar refractivity (Wildman–Crippen MR) is 101 cm³/mol. The minimum atomic E-state index is -3.65. The fourth-order valence-corrected chi connectivity index (χ4v) is 5.42. The first kappa shape index (κ1) is 18.8. The summed E-state index contributed by atoms with van der Waals surface area (Å²) in [6, 6.07) is 11.8. The summed E-state index contributed by atoms with van der Waals surface area (Å²) in [6.45, 7) is 1.39. The molecule has 0 radical (unpaired) electrons. The molecule has 7 nitrogen and oxygen atoms in total. The molecule has 1 fully saturated rings. The molecular formula is C20H21NO6S. The molecule has 1 saturated carbocycles. The summed E-state index contributed by atoms with van der Waals surface area (Å²) in [5.74, 6) is -0.324. The third-order valence-electron chi connectivity index (χ3n) is 5.19. The maximum atomic E-state index is 12.8. The van der Waals surface area contributed by atoms with Gasteiger partial charge in [-0.1, -0.05) is 24.3 Å². The molecule has 0 spiro atoms. The largest absolute Gasteiger partial charge is 0.486 e. The van der Waals surface area contributed by atoms with Gasteiger partial charge in [0.1, 0.15) is 6.10 Å². The van der Waals surface area contributed by atoms with Gasteiger partial charge in [-0.3, -0.25) is 0 Å². The number of para-hydroxylation sites is 1. The minimum absolute atomic E-state index is 0.136. The van der Waals surface area contributed by atoms with Crippen molar-refractivity contribution in [2.75, 3.05) is 6.61 Å². The SMILES string of the molecule is Cc1cccc(S(=O)(=O)NC2CCC3Oc4c(OCC(=O)O)cccc4C23)c1. The Hall–Kier alpha value is -2.58. The van der Waals surface area contributed by atoms with E-state index < -0.39 is 22.6 Å². The number of nitrogens with one attached hydrogen (secondary N) is 1. The number of benzene rings is 2. The number of rotatable bonds is 6. The van der Waals surface area contributed by atoms with Gasteiger partial charge in [0.2, 0.25) is 10.0 Å². The van der Waals surface area contributed by atoms with E-state index in [4.69, 9.17) is 14.6 Å². The van der Waals surface area contributed by atoms with Gasteiger partial charge in [-0.2, -0.15) is 0 Å². The number of sulfonamides is 1. The lowest BCUT2D eigenvalue weighted by Crippen LogP contribution is -2.37. The van der Waals surface area contributed by atoms with Gasteiger partial charge >= 0.3 is 5.97 Å². The Morgan fingerprint density at radius 2 is 2.04 bits per heavy atom. The van der Waals surface area contributed by atoms with Gasteiger partial charge in [0, 0.05) is 17.5 Å². The molecule has 1 aliphatic heterocycles. The van der Waals surface area contributed by atoms with Crippen molar-refractivity contribution in [2.45, 2.75) is 42.7 Å². The normalized spacial score (nSPS) is 23.0. The number of hydrogen-bond acceptors (Lipinski definition) is 5. The van der Waals surface area contributed by atoms with Crippen LogP contribution in [0.1, 0.15) is 29.9 Å². The number of aliphatic carboxylic acids is 1. The van der Waals surface area contributed by atoms with Crippen LogP contribution in [-0.4, -0.2) is 38.2 Å². The lowest BCUT2D eigenvalue weighted by molar-refractivity contribution is -0.139. The summed E-state index contributed by atoms with van der Waals surface area (Å²) < 4.78 is 39.9. The number of hydrogen-bond donors (Lipinski definition) is 2. The molecular weight excluding hydrogens is 382 g/mol. The molecule has 0 saturated heterocycles. The van der Waals surface area contributed by atoms with Crippen LogP contribution in [0.25, 0.3) is 0 Å². The molecule has 3 atom stereocenters.